The average molecular weight is 410 g/mol. The number of halogens is 3. The summed E-state index contributed by atoms with van der Waals surface area (Å²) in [5.74, 6) is -1.05. The number of nitrogens with zero attached hydrogens (tertiary/aromatic N) is 1. The van der Waals surface area contributed by atoms with Gasteiger partial charge in [0.2, 0.25) is 10.0 Å². The third-order valence-electron chi connectivity index (χ3n) is 3.41. The third kappa shape index (κ3) is 5.32. The van der Waals surface area contributed by atoms with Crippen LogP contribution in [0.15, 0.2) is 65.2 Å². The maximum atomic E-state index is 13.0. The average Bonchev–Trinajstić information content (AvgIpc) is 2.61. The van der Waals surface area contributed by atoms with Crippen LogP contribution < -0.4 is 15.8 Å². The van der Waals surface area contributed by atoms with Crippen molar-refractivity contribution < 1.29 is 26.4 Å². The third-order valence-corrected chi connectivity index (χ3v) is 4.34. The molecule has 2 aromatic carbocycles. The lowest BCUT2D eigenvalue weighted by molar-refractivity contribution is -0.137. The molecule has 0 heterocycles. The first-order valence-corrected chi connectivity index (χ1v) is 9.04. The second kappa shape index (κ2) is 8.12. The van der Waals surface area contributed by atoms with Gasteiger partial charge in [-0.25, -0.2) is 13.6 Å². The smallest absolute Gasteiger partial charge is 0.360 e. The van der Waals surface area contributed by atoms with Crippen molar-refractivity contribution in [2.24, 2.45) is 5.14 Å². The van der Waals surface area contributed by atoms with Crippen LogP contribution in [0.3, 0.4) is 0 Å². The highest BCUT2D eigenvalue weighted by Gasteiger charge is 2.33. The first kappa shape index (κ1) is 20.9. The van der Waals surface area contributed by atoms with E-state index in [1.165, 1.54) is 36.4 Å². The van der Waals surface area contributed by atoms with Gasteiger partial charge in [-0.1, -0.05) is 12.1 Å². The lowest BCUT2D eigenvalue weighted by atomic mass is 10.1. The number of alkyl halides is 3. The molecule has 0 aliphatic carbocycles. The number of carbonyl (C=O) groups is 1. The Morgan fingerprint density at radius 1 is 1.11 bits per heavy atom. The molecule has 0 bridgehead atoms. The number of nitrogens with one attached hydrogen (secondary N) is 2. The normalized spacial score (nSPS) is 12.2. The van der Waals surface area contributed by atoms with Crippen molar-refractivity contribution in [3.8, 4) is 6.07 Å². The molecule has 4 N–H and O–H groups in total. The fourth-order valence-electron chi connectivity index (χ4n) is 2.07. The van der Waals surface area contributed by atoms with Gasteiger partial charge in [0.1, 0.15) is 11.6 Å². The predicted octanol–water partition coefficient (Wildman–Crippen LogP) is 2.81. The molecule has 0 aliphatic heterocycles. The van der Waals surface area contributed by atoms with Crippen LogP contribution >= 0.6 is 0 Å². The monoisotopic (exact) mass is 410 g/mol. The molecule has 0 unspecified atom stereocenters. The number of carbonyl (C=O) groups excluding carboxylic acids is 1. The molecule has 2 rings (SSSR count). The van der Waals surface area contributed by atoms with Crippen molar-refractivity contribution in [2.45, 2.75) is 11.1 Å². The molecule has 0 saturated heterocycles. The van der Waals surface area contributed by atoms with E-state index in [1.807, 2.05) is 5.32 Å². The quantitative estimate of drug-likeness (QED) is 0.516. The van der Waals surface area contributed by atoms with Gasteiger partial charge in [0.15, 0.2) is 0 Å². The minimum absolute atomic E-state index is 0.135. The summed E-state index contributed by atoms with van der Waals surface area (Å²) in [5.41, 5.74) is -1.71. The van der Waals surface area contributed by atoms with Gasteiger partial charge in [-0.2, -0.15) is 18.4 Å². The van der Waals surface area contributed by atoms with Crippen LogP contribution in [0.2, 0.25) is 0 Å². The lowest BCUT2D eigenvalue weighted by Crippen LogP contribution is -2.18. The molecular weight excluding hydrogens is 397 g/mol. The SMILES string of the molecule is N#C/C(=C/Nc1ccc(S(N)(=O)=O)cc1)C(=O)Nc1ccccc1C(F)(F)F. The molecule has 11 heteroatoms. The number of amides is 1. The van der Waals surface area contributed by atoms with Gasteiger partial charge in [-0.15, -0.1) is 0 Å². The summed E-state index contributed by atoms with van der Waals surface area (Å²) >= 11 is 0. The standard InChI is InChI=1S/C17H13F3N4O3S/c18-17(19,20)14-3-1-2-4-15(14)24-16(25)11(9-21)10-23-12-5-7-13(8-6-12)28(22,26)27/h1-8,10,23H,(H,24,25)(H2,22,26,27)/b11-10-. The maximum Gasteiger partial charge on any atom is 0.418 e. The zero-order valence-electron chi connectivity index (χ0n) is 14.0. The van der Waals surface area contributed by atoms with Gasteiger partial charge < -0.3 is 10.6 Å². The van der Waals surface area contributed by atoms with Gasteiger partial charge >= 0.3 is 6.18 Å². The zero-order chi connectivity index (χ0) is 20.9. The number of rotatable bonds is 5. The second-order valence-electron chi connectivity index (χ2n) is 5.38. The van der Waals surface area contributed by atoms with Crippen LogP contribution in [0.5, 0.6) is 0 Å². The summed E-state index contributed by atoms with van der Waals surface area (Å²) in [5, 5.41) is 18.7. The van der Waals surface area contributed by atoms with Gasteiger partial charge in [-0.05, 0) is 36.4 Å². The number of primary sulfonamides is 1. The Morgan fingerprint density at radius 2 is 1.71 bits per heavy atom. The number of hydrogen-bond acceptors (Lipinski definition) is 5. The zero-order valence-corrected chi connectivity index (χ0v) is 14.8. The molecule has 0 radical (unpaired) electrons. The predicted molar refractivity (Wildman–Crippen MR) is 95.2 cm³/mol. The van der Waals surface area contributed by atoms with Crippen molar-refractivity contribution in [3.63, 3.8) is 0 Å². The molecule has 0 fully saturated rings. The van der Waals surface area contributed by atoms with Crippen LogP contribution in [0.4, 0.5) is 24.5 Å². The molecule has 0 aliphatic rings. The fraction of sp³-hybridized carbons (Fsp3) is 0.0588. The van der Waals surface area contributed by atoms with E-state index in [9.17, 15) is 26.4 Å². The van der Waals surface area contributed by atoms with E-state index in [0.717, 1.165) is 18.3 Å². The summed E-state index contributed by atoms with van der Waals surface area (Å²) in [6.45, 7) is 0. The lowest BCUT2D eigenvalue weighted by Gasteiger charge is -2.13. The van der Waals surface area contributed by atoms with Gasteiger partial charge in [0.25, 0.3) is 5.91 Å². The number of para-hydroxylation sites is 1. The Bertz CT molecular complexity index is 1060. The minimum Gasteiger partial charge on any atom is -0.360 e. The van der Waals surface area contributed by atoms with Gasteiger partial charge in [0.05, 0.1) is 16.1 Å². The highest BCUT2D eigenvalue weighted by atomic mass is 32.2. The van der Waals surface area contributed by atoms with E-state index in [0.29, 0.717) is 5.69 Å². The minimum atomic E-state index is -4.68. The molecule has 0 spiro atoms. The van der Waals surface area contributed by atoms with Crippen LogP contribution in [0, 0.1) is 11.3 Å². The molecule has 28 heavy (non-hydrogen) atoms. The second-order valence-corrected chi connectivity index (χ2v) is 6.94. The number of hydrogen-bond donors (Lipinski definition) is 3. The van der Waals surface area contributed by atoms with Crippen molar-refractivity contribution in [1.29, 1.82) is 5.26 Å². The highest BCUT2D eigenvalue weighted by molar-refractivity contribution is 7.89. The fourth-order valence-corrected chi connectivity index (χ4v) is 2.59. The Labute approximate surface area is 158 Å². The van der Waals surface area contributed by atoms with Gasteiger partial charge in [0, 0.05) is 11.9 Å². The number of nitrogens with two attached hydrogens (primary N) is 1. The molecule has 0 atom stereocenters. The molecule has 2 aromatic rings. The maximum absolute atomic E-state index is 13.0. The summed E-state index contributed by atoms with van der Waals surface area (Å²) in [7, 11) is -3.87. The topological polar surface area (TPSA) is 125 Å². The summed E-state index contributed by atoms with van der Waals surface area (Å²) < 4.78 is 61.3. The molecular formula is C17H13F3N4O3S. The molecule has 146 valence electrons. The number of nitriles is 1. The Morgan fingerprint density at radius 3 is 2.25 bits per heavy atom. The van der Waals surface area contributed by atoms with Crippen LogP contribution in [-0.2, 0) is 21.0 Å². The Balaban J connectivity index is 2.17. The van der Waals surface area contributed by atoms with E-state index >= 15 is 0 Å². The number of sulfonamides is 1. The van der Waals surface area contributed by atoms with Crippen molar-refractivity contribution in [2.75, 3.05) is 10.6 Å². The van der Waals surface area contributed by atoms with Crippen LogP contribution in [0.1, 0.15) is 5.56 Å². The van der Waals surface area contributed by atoms with Crippen molar-refractivity contribution in [3.05, 3.63) is 65.9 Å². The van der Waals surface area contributed by atoms with Crippen molar-refractivity contribution >= 4 is 27.3 Å². The number of anilines is 2. The summed E-state index contributed by atoms with van der Waals surface area (Å²) in [6, 6.07) is 11.0. The van der Waals surface area contributed by atoms with E-state index in [1.54, 1.807) is 6.07 Å². The van der Waals surface area contributed by atoms with Gasteiger partial charge in [-0.3, -0.25) is 4.79 Å². The van der Waals surface area contributed by atoms with Crippen LogP contribution in [-0.4, -0.2) is 14.3 Å². The largest absolute Gasteiger partial charge is 0.418 e. The van der Waals surface area contributed by atoms with E-state index in [2.05, 4.69) is 5.32 Å². The van der Waals surface area contributed by atoms with E-state index in [4.69, 9.17) is 10.4 Å². The Kier molecular flexibility index (Phi) is 6.07. The highest BCUT2D eigenvalue weighted by Crippen LogP contribution is 2.34. The molecule has 0 aromatic heterocycles. The van der Waals surface area contributed by atoms with E-state index in [-0.39, 0.29) is 4.90 Å². The first-order chi connectivity index (χ1) is 13.0. The van der Waals surface area contributed by atoms with Crippen molar-refractivity contribution in [1.82, 2.24) is 0 Å². The molecule has 7 nitrogen and oxygen atoms in total. The molecule has 1 amide bonds. The number of benzene rings is 2. The Hall–Kier alpha value is -3.36. The summed E-state index contributed by atoms with van der Waals surface area (Å²) in [6.07, 6.45) is -3.69. The first-order valence-electron chi connectivity index (χ1n) is 7.49. The van der Waals surface area contributed by atoms with Crippen LogP contribution in [0.25, 0.3) is 0 Å². The van der Waals surface area contributed by atoms with E-state index < -0.39 is 38.9 Å². The summed E-state index contributed by atoms with van der Waals surface area (Å²) in [4.78, 5) is 12.0. The molecule has 0 saturated carbocycles.